The van der Waals surface area contributed by atoms with E-state index >= 15 is 0 Å². The van der Waals surface area contributed by atoms with Crippen LogP contribution >= 0.6 is 11.6 Å². The van der Waals surface area contributed by atoms with Gasteiger partial charge in [0.2, 0.25) is 15.9 Å². The van der Waals surface area contributed by atoms with Gasteiger partial charge in [-0.2, -0.15) is 4.72 Å². The summed E-state index contributed by atoms with van der Waals surface area (Å²) in [5.41, 5.74) is 0.874. The molecule has 1 aliphatic rings. The summed E-state index contributed by atoms with van der Waals surface area (Å²) in [6, 6.07) is 12.8. The number of halogens is 1. The summed E-state index contributed by atoms with van der Waals surface area (Å²) in [7, 11) is -2.51. The molecule has 0 heterocycles. The SMILES string of the molecule is COc1ccc(S(=O)(=O)N[C@H](Cc2ccccc2)C(=O)NC2CCCCCC2)cc1Cl. The van der Waals surface area contributed by atoms with Crippen molar-refractivity contribution < 1.29 is 17.9 Å². The van der Waals surface area contributed by atoms with Crippen LogP contribution in [0.5, 0.6) is 5.75 Å². The number of nitrogens with one attached hydrogen (secondary N) is 2. The van der Waals surface area contributed by atoms with Gasteiger partial charge >= 0.3 is 0 Å². The van der Waals surface area contributed by atoms with Crippen molar-refractivity contribution in [1.29, 1.82) is 0 Å². The molecule has 168 valence electrons. The first kappa shape index (κ1) is 23.6. The molecule has 3 rings (SSSR count). The maximum Gasteiger partial charge on any atom is 0.241 e. The van der Waals surface area contributed by atoms with E-state index in [1.54, 1.807) is 0 Å². The van der Waals surface area contributed by atoms with Gasteiger partial charge in [0.05, 0.1) is 17.0 Å². The van der Waals surface area contributed by atoms with Crippen LogP contribution in [0.2, 0.25) is 5.02 Å². The molecule has 0 aromatic heterocycles. The Morgan fingerprint density at radius 2 is 1.77 bits per heavy atom. The molecule has 1 saturated carbocycles. The van der Waals surface area contributed by atoms with E-state index in [-0.39, 0.29) is 28.3 Å². The van der Waals surface area contributed by atoms with E-state index in [4.69, 9.17) is 16.3 Å². The average Bonchev–Trinajstić information content (AvgIpc) is 3.02. The minimum absolute atomic E-state index is 0.0152. The fraction of sp³-hybridized carbons (Fsp3) is 0.435. The van der Waals surface area contributed by atoms with Crippen LogP contribution in [0.4, 0.5) is 0 Å². The normalized spacial score (nSPS) is 16.3. The molecule has 8 heteroatoms. The number of benzene rings is 2. The summed E-state index contributed by atoms with van der Waals surface area (Å²) in [5.74, 6) is 0.0755. The first-order chi connectivity index (χ1) is 14.9. The van der Waals surface area contributed by atoms with E-state index in [9.17, 15) is 13.2 Å². The molecule has 2 aromatic carbocycles. The number of carbonyl (C=O) groups is 1. The zero-order valence-electron chi connectivity index (χ0n) is 17.6. The molecule has 0 unspecified atom stereocenters. The second-order valence-electron chi connectivity index (χ2n) is 7.86. The lowest BCUT2D eigenvalue weighted by Gasteiger charge is -2.23. The van der Waals surface area contributed by atoms with Gasteiger partial charge in [-0.3, -0.25) is 4.79 Å². The maximum atomic E-state index is 13.1. The van der Waals surface area contributed by atoms with Crippen LogP contribution in [-0.4, -0.2) is 33.5 Å². The predicted molar refractivity (Wildman–Crippen MR) is 122 cm³/mol. The Kier molecular flexibility index (Phi) is 8.35. The highest BCUT2D eigenvalue weighted by Crippen LogP contribution is 2.27. The summed E-state index contributed by atoms with van der Waals surface area (Å²) >= 11 is 6.11. The Morgan fingerprint density at radius 1 is 1.10 bits per heavy atom. The van der Waals surface area contributed by atoms with Gasteiger partial charge in [0.25, 0.3) is 0 Å². The quantitative estimate of drug-likeness (QED) is 0.576. The number of hydrogen-bond donors (Lipinski definition) is 2. The van der Waals surface area contributed by atoms with E-state index in [1.807, 2.05) is 30.3 Å². The molecule has 2 aromatic rings. The van der Waals surface area contributed by atoms with Crippen LogP contribution < -0.4 is 14.8 Å². The third kappa shape index (κ3) is 6.69. The van der Waals surface area contributed by atoms with Crippen molar-refractivity contribution in [3.05, 3.63) is 59.1 Å². The highest BCUT2D eigenvalue weighted by Gasteiger charge is 2.28. The minimum Gasteiger partial charge on any atom is -0.495 e. The van der Waals surface area contributed by atoms with Crippen molar-refractivity contribution >= 4 is 27.5 Å². The smallest absolute Gasteiger partial charge is 0.241 e. The standard InChI is InChI=1S/C23H29ClN2O4S/c1-30-22-14-13-19(16-20(22)24)31(28,29)26-21(15-17-9-5-4-6-10-17)23(27)25-18-11-7-2-3-8-12-18/h4-6,9-10,13-14,16,18,21,26H,2-3,7-8,11-12,15H2,1H3,(H,25,27)/t21-/m1/s1. The van der Waals surface area contributed by atoms with Crippen molar-refractivity contribution in [2.75, 3.05) is 7.11 Å². The number of methoxy groups -OCH3 is 1. The molecule has 2 N–H and O–H groups in total. The molecular formula is C23H29ClN2O4S. The van der Waals surface area contributed by atoms with Crippen LogP contribution in [0, 0.1) is 0 Å². The first-order valence-electron chi connectivity index (χ1n) is 10.6. The molecule has 31 heavy (non-hydrogen) atoms. The van der Waals surface area contributed by atoms with Gasteiger partial charge in [-0.25, -0.2) is 8.42 Å². The second kappa shape index (κ2) is 11.0. The number of carbonyl (C=O) groups excluding carboxylic acids is 1. The minimum atomic E-state index is -3.97. The van der Waals surface area contributed by atoms with Crippen LogP contribution in [-0.2, 0) is 21.2 Å². The average molecular weight is 465 g/mol. The summed E-state index contributed by atoms with van der Waals surface area (Å²) in [5, 5.41) is 3.26. The zero-order chi connectivity index (χ0) is 22.3. The topological polar surface area (TPSA) is 84.5 Å². The molecule has 1 atom stereocenters. The van der Waals surface area contributed by atoms with Crippen LogP contribution in [0.3, 0.4) is 0 Å². The molecule has 0 radical (unpaired) electrons. The predicted octanol–water partition coefficient (Wildman–Crippen LogP) is 4.08. The van der Waals surface area contributed by atoms with Crippen molar-refractivity contribution in [2.45, 2.75) is 61.9 Å². The van der Waals surface area contributed by atoms with Crippen LogP contribution in [0.25, 0.3) is 0 Å². The highest BCUT2D eigenvalue weighted by molar-refractivity contribution is 7.89. The van der Waals surface area contributed by atoms with Crippen LogP contribution in [0.15, 0.2) is 53.4 Å². The third-order valence-corrected chi connectivity index (χ3v) is 7.30. The molecule has 0 spiro atoms. The lowest BCUT2D eigenvalue weighted by Crippen LogP contribution is -2.50. The lowest BCUT2D eigenvalue weighted by molar-refractivity contribution is -0.123. The van der Waals surface area contributed by atoms with Gasteiger partial charge in [0, 0.05) is 6.04 Å². The van der Waals surface area contributed by atoms with Crippen molar-refractivity contribution in [3.63, 3.8) is 0 Å². The Morgan fingerprint density at radius 3 is 2.39 bits per heavy atom. The fourth-order valence-electron chi connectivity index (χ4n) is 3.83. The summed E-state index contributed by atoms with van der Waals surface area (Å²) in [6.45, 7) is 0. The molecule has 0 saturated heterocycles. The Labute approximate surface area is 189 Å². The number of hydrogen-bond acceptors (Lipinski definition) is 4. The fourth-order valence-corrected chi connectivity index (χ4v) is 5.38. The Balaban J connectivity index is 1.81. The Hall–Kier alpha value is -2.09. The summed E-state index contributed by atoms with van der Waals surface area (Å²) in [6.07, 6.45) is 6.59. The Bertz CT molecular complexity index is 974. The maximum absolute atomic E-state index is 13.1. The van der Waals surface area contributed by atoms with Gasteiger partial charge in [-0.15, -0.1) is 0 Å². The highest BCUT2D eigenvalue weighted by atomic mass is 35.5. The molecule has 6 nitrogen and oxygen atoms in total. The van der Waals surface area contributed by atoms with Gasteiger partial charge in [0.1, 0.15) is 11.8 Å². The van der Waals surface area contributed by atoms with Gasteiger partial charge in [-0.05, 0) is 43.0 Å². The van der Waals surface area contributed by atoms with E-state index < -0.39 is 16.1 Å². The van der Waals surface area contributed by atoms with Gasteiger partial charge in [0.15, 0.2) is 0 Å². The van der Waals surface area contributed by atoms with Gasteiger partial charge in [-0.1, -0.05) is 67.6 Å². The molecule has 1 fully saturated rings. The molecule has 1 amide bonds. The number of ether oxygens (including phenoxy) is 1. The van der Waals surface area contributed by atoms with Crippen molar-refractivity contribution in [2.24, 2.45) is 0 Å². The zero-order valence-corrected chi connectivity index (χ0v) is 19.2. The van der Waals surface area contributed by atoms with Crippen molar-refractivity contribution in [3.8, 4) is 5.75 Å². The number of amides is 1. The van der Waals surface area contributed by atoms with E-state index in [0.717, 1.165) is 31.2 Å². The van der Waals surface area contributed by atoms with Crippen molar-refractivity contribution in [1.82, 2.24) is 10.0 Å². The second-order valence-corrected chi connectivity index (χ2v) is 9.98. The third-order valence-electron chi connectivity index (χ3n) is 5.53. The molecule has 0 bridgehead atoms. The summed E-state index contributed by atoms with van der Waals surface area (Å²) in [4.78, 5) is 13.1. The van der Waals surface area contributed by atoms with Gasteiger partial charge < -0.3 is 10.1 Å². The largest absolute Gasteiger partial charge is 0.495 e. The molecular weight excluding hydrogens is 436 g/mol. The lowest BCUT2D eigenvalue weighted by atomic mass is 10.0. The monoisotopic (exact) mass is 464 g/mol. The number of rotatable bonds is 8. The molecule has 1 aliphatic carbocycles. The van der Waals surface area contributed by atoms with Crippen LogP contribution in [0.1, 0.15) is 44.1 Å². The first-order valence-corrected chi connectivity index (χ1v) is 12.5. The summed E-state index contributed by atoms with van der Waals surface area (Å²) < 4.78 is 33.8. The van der Waals surface area contributed by atoms with E-state index in [2.05, 4.69) is 10.0 Å². The molecule has 0 aliphatic heterocycles. The van der Waals surface area contributed by atoms with E-state index in [0.29, 0.717) is 5.75 Å². The van der Waals surface area contributed by atoms with E-state index in [1.165, 1.54) is 38.2 Å². The number of sulfonamides is 1.